The first-order chi connectivity index (χ1) is 8.52. The van der Waals surface area contributed by atoms with Crippen molar-refractivity contribution < 1.29 is 4.39 Å². The Morgan fingerprint density at radius 1 is 1.33 bits per heavy atom. The Bertz CT molecular complexity index is 448. The molecule has 1 heterocycles. The fourth-order valence-electron chi connectivity index (χ4n) is 1.55. The summed E-state index contributed by atoms with van der Waals surface area (Å²) in [5, 5.41) is 3.37. The smallest absolute Gasteiger partial charge is 0.0897 e. The number of halogens is 1. The maximum Gasteiger partial charge on any atom is 0.0897 e. The molecule has 3 heteroatoms. The summed E-state index contributed by atoms with van der Waals surface area (Å²) in [7, 11) is 0. The molecule has 0 radical (unpaired) electrons. The van der Waals surface area contributed by atoms with Crippen LogP contribution in [0.15, 0.2) is 42.4 Å². The van der Waals surface area contributed by atoms with Gasteiger partial charge in [-0.2, -0.15) is 11.8 Å². The highest BCUT2D eigenvalue weighted by atomic mass is 32.2. The number of thioether (sulfide) groups is 1. The molecular formula is C15H20FNS. The van der Waals surface area contributed by atoms with Crippen molar-refractivity contribution in [2.45, 2.75) is 32.3 Å². The van der Waals surface area contributed by atoms with Crippen LogP contribution >= 0.6 is 11.8 Å². The summed E-state index contributed by atoms with van der Waals surface area (Å²) in [6.07, 6.45) is 2.09. The highest BCUT2D eigenvalue weighted by Gasteiger charge is 2.10. The monoisotopic (exact) mass is 265 g/mol. The fraction of sp³-hybridized carbons (Fsp3) is 0.333. The standard InChI is InChI=1S/C12H15NS.C3H5F/c1-3-9(2)13-12-5-4-10-7-14-8-11(10)6-12;1-3(2)4/h3-6,13H,7-8H2,1-2H3;1H2,2H3/b9-3+;. The summed E-state index contributed by atoms with van der Waals surface area (Å²) in [5.74, 6) is 2.01. The van der Waals surface area contributed by atoms with E-state index in [9.17, 15) is 4.39 Å². The van der Waals surface area contributed by atoms with Crippen LogP contribution in [0.3, 0.4) is 0 Å². The molecule has 18 heavy (non-hydrogen) atoms. The van der Waals surface area contributed by atoms with E-state index in [4.69, 9.17) is 0 Å². The van der Waals surface area contributed by atoms with Gasteiger partial charge < -0.3 is 5.32 Å². The highest BCUT2D eigenvalue weighted by molar-refractivity contribution is 7.98. The minimum Gasteiger partial charge on any atom is -0.359 e. The van der Waals surface area contributed by atoms with Gasteiger partial charge in [-0.05, 0) is 44.0 Å². The summed E-state index contributed by atoms with van der Waals surface area (Å²) < 4.78 is 10.8. The molecule has 0 amide bonds. The largest absolute Gasteiger partial charge is 0.359 e. The molecular weight excluding hydrogens is 245 g/mol. The Morgan fingerprint density at radius 3 is 2.56 bits per heavy atom. The Hall–Kier alpha value is -1.22. The van der Waals surface area contributed by atoms with Crippen LogP contribution in [-0.2, 0) is 11.5 Å². The maximum absolute atomic E-state index is 10.8. The number of benzene rings is 1. The Morgan fingerprint density at radius 2 is 1.94 bits per heavy atom. The van der Waals surface area contributed by atoms with Crippen LogP contribution in [-0.4, -0.2) is 0 Å². The summed E-state index contributed by atoms with van der Waals surface area (Å²) in [4.78, 5) is 0. The van der Waals surface area contributed by atoms with Crippen molar-refractivity contribution >= 4 is 17.4 Å². The molecule has 0 aliphatic carbocycles. The second-order valence-corrected chi connectivity index (χ2v) is 5.23. The van der Waals surface area contributed by atoms with Crippen LogP contribution in [0.5, 0.6) is 0 Å². The van der Waals surface area contributed by atoms with Crippen molar-refractivity contribution in [3.63, 3.8) is 0 Å². The first-order valence-corrected chi connectivity index (χ1v) is 7.09. The third-order valence-corrected chi connectivity index (χ3v) is 3.53. The van der Waals surface area contributed by atoms with E-state index in [-0.39, 0.29) is 5.83 Å². The molecule has 1 aliphatic heterocycles. The molecule has 2 rings (SSSR count). The van der Waals surface area contributed by atoms with Gasteiger partial charge in [-0.25, -0.2) is 4.39 Å². The van der Waals surface area contributed by atoms with Crippen molar-refractivity contribution in [1.82, 2.24) is 0 Å². The average Bonchev–Trinajstić information content (AvgIpc) is 2.75. The van der Waals surface area contributed by atoms with Gasteiger partial charge in [0.1, 0.15) is 0 Å². The molecule has 1 nitrogen and oxygen atoms in total. The van der Waals surface area contributed by atoms with Crippen LogP contribution in [0.1, 0.15) is 31.9 Å². The molecule has 1 aliphatic rings. The third-order valence-electron chi connectivity index (χ3n) is 2.50. The van der Waals surface area contributed by atoms with Crippen LogP contribution in [0.25, 0.3) is 0 Å². The van der Waals surface area contributed by atoms with E-state index >= 15 is 0 Å². The van der Waals surface area contributed by atoms with Crippen LogP contribution < -0.4 is 5.32 Å². The first kappa shape index (κ1) is 14.8. The minimum atomic E-state index is -0.333. The lowest BCUT2D eigenvalue weighted by Crippen LogP contribution is -1.95. The van der Waals surface area contributed by atoms with E-state index in [1.807, 2.05) is 18.7 Å². The zero-order valence-electron chi connectivity index (χ0n) is 11.2. The molecule has 0 atom stereocenters. The first-order valence-electron chi connectivity index (χ1n) is 5.93. The molecule has 0 saturated carbocycles. The molecule has 1 aromatic rings. The number of anilines is 1. The van der Waals surface area contributed by atoms with Gasteiger partial charge in [-0.1, -0.05) is 18.7 Å². The highest BCUT2D eigenvalue weighted by Crippen LogP contribution is 2.31. The molecule has 1 N–H and O–H groups in total. The average molecular weight is 265 g/mol. The predicted molar refractivity (Wildman–Crippen MR) is 80.4 cm³/mol. The van der Waals surface area contributed by atoms with Gasteiger partial charge in [0.05, 0.1) is 5.83 Å². The number of hydrogen-bond acceptors (Lipinski definition) is 2. The zero-order chi connectivity index (χ0) is 13.5. The van der Waals surface area contributed by atoms with Gasteiger partial charge in [-0.3, -0.25) is 0 Å². The SMILES string of the molecule is C/C=C(\C)Nc1ccc2c(c1)CSC2.C=C(C)F. The van der Waals surface area contributed by atoms with E-state index in [0.717, 1.165) is 0 Å². The summed E-state index contributed by atoms with van der Waals surface area (Å²) in [5.41, 5.74) is 5.40. The molecule has 0 fully saturated rings. The topological polar surface area (TPSA) is 12.0 Å². The quantitative estimate of drug-likeness (QED) is 0.783. The van der Waals surface area contributed by atoms with E-state index in [1.165, 1.54) is 40.9 Å². The lowest BCUT2D eigenvalue weighted by Gasteiger charge is -2.07. The van der Waals surface area contributed by atoms with Crippen molar-refractivity contribution in [3.05, 3.63) is 53.5 Å². The van der Waals surface area contributed by atoms with Crippen molar-refractivity contribution in [2.75, 3.05) is 5.32 Å². The summed E-state index contributed by atoms with van der Waals surface area (Å²) in [6, 6.07) is 6.67. The number of fused-ring (bicyclic) bond motifs is 1. The molecule has 0 bridgehead atoms. The third kappa shape index (κ3) is 4.96. The van der Waals surface area contributed by atoms with Gasteiger partial charge in [0.15, 0.2) is 0 Å². The van der Waals surface area contributed by atoms with Gasteiger partial charge in [0, 0.05) is 22.9 Å². The summed E-state index contributed by atoms with van der Waals surface area (Å²) in [6.45, 7) is 8.33. The number of nitrogens with one attached hydrogen (secondary N) is 1. The van der Waals surface area contributed by atoms with Gasteiger partial charge >= 0.3 is 0 Å². The summed E-state index contributed by atoms with van der Waals surface area (Å²) >= 11 is 1.99. The zero-order valence-corrected chi connectivity index (χ0v) is 12.0. The van der Waals surface area contributed by atoms with E-state index in [0.29, 0.717) is 0 Å². The second-order valence-electron chi connectivity index (χ2n) is 4.25. The molecule has 0 spiro atoms. The fourth-order valence-corrected chi connectivity index (χ4v) is 2.64. The van der Waals surface area contributed by atoms with Gasteiger partial charge in [0.25, 0.3) is 0 Å². The van der Waals surface area contributed by atoms with E-state index in [1.54, 1.807) is 0 Å². The number of hydrogen-bond donors (Lipinski definition) is 1. The lowest BCUT2D eigenvalue weighted by molar-refractivity contribution is 0.645. The Kier molecular flexibility index (Phi) is 5.99. The van der Waals surface area contributed by atoms with Crippen LogP contribution in [0.4, 0.5) is 10.1 Å². The molecule has 0 aromatic heterocycles. The molecule has 0 unspecified atom stereocenters. The van der Waals surface area contributed by atoms with E-state index < -0.39 is 0 Å². The number of rotatable bonds is 2. The minimum absolute atomic E-state index is 0.333. The lowest BCUT2D eigenvalue weighted by atomic mass is 10.1. The predicted octanol–water partition coefficient (Wildman–Crippen LogP) is 5.26. The van der Waals surface area contributed by atoms with Crippen molar-refractivity contribution in [2.24, 2.45) is 0 Å². The normalized spacial score (nSPS) is 13.4. The Labute approximate surface area is 113 Å². The van der Waals surface area contributed by atoms with Crippen LogP contribution in [0.2, 0.25) is 0 Å². The molecule has 1 aromatic carbocycles. The maximum atomic E-state index is 10.8. The molecule has 0 saturated heterocycles. The molecule has 98 valence electrons. The second kappa shape index (κ2) is 7.27. The van der Waals surface area contributed by atoms with Gasteiger partial charge in [-0.15, -0.1) is 0 Å². The van der Waals surface area contributed by atoms with E-state index in [2.05, 4.69) is 43.1 Å². The number of allylic oxidation sites excluding steroid dienone is 3. The Balaban J connectivity index is 0.000000357. The van der Waals surface area contributed by atoms with Crippen molar-refractivity contribution in [1.29, 1.82) is 0 Å². The van der Waals surface area contributed by atoms with Crippen molar-refractivity contribution in [3.8, 4) is 0 Å². The van der Waals surface area contributed by atoms with Crippen LogP contribution in [0, 0.1) is 0 Å². The van der Waals surface area contributed by atoms with Gasteiger partial charge in [0.2, 0.25) is 0 Å².